The first-order valence-corrected chi connectivity index (χ1v) is 5.17. The van der Waals surface area contributed by atoms with Crippen LogP contribution < -0.4 is 0 Å². The lowest BCUT2D eigenvalue weighted by atomic mass is 9.99. The Morgan fingerprint density at radius 3 is 3.00 bits per heavy atom. The van der Waals surface area contributed by atoms with Crippen molar-refractivity contribution in [2.75, 3.05) is 13.1 Å². The van der Waals surface area contributed by atoms with E-state index in [0.29, 0.717) is 0 Å². The Bertz CT molecular complexity index is 166. The second-order valence-electron chi connectivity index (χ2n) is 4.63. The summed E-state index contributed by atoms with van der Waals surface area (Å²) in [5.41, 5.74) is 0. The lowest BCUT2D eigenvalue weighted by molar-refractivity contribution is 0.248. The molecule has 3 fully saturated rings. The lowest BCUT2D eigenvalue weighted by Gasteiger charge is -2.21. The molecule has 0 N–H and O–H groups in total. The fraction of sp³-hybridized carbons (Fsp3) is 1.00. The average molecular weight is 151 g/mol. The summed E-state index contributed by atoms with van der Waals surface area (Å²) in [5.74, 6) is 2.23. The molecule has 1 heteroatoms. The summed E-state index contributed by atoms with van der Waals surface area (Å²) in [6.07, 6.45) is 7.64. The minimum atomic E-state index is 1.03. The van der Waals surface area contributed by atoms with Gasteiger partial charge in [-0.05, 0) is 57.0 Å². The van der Waals surface area contributed by atoms with E-state index in [9.17, 15) is 0 Å². The molecule has 2 aliphatic heterocycles. The Balaban J connectivity index is 1.89. The third-order valence-corrected chi connectivity index (χ3v) is 4.07. The maximum absolute atomic E-state index is 2.76. The Hall–Kier alpha value is -0.0400. The molecule has 0 amide bonds. The molecule has 0 aromatic carbocycles. The number of fused-ring (bicyclic) bond motifs is 1. The van der Waals surface area contributed by atoms with Gasteiger partial charge in [-0.15, -0.1) is 0 Å². The first-order chi connectivity index (χ1) is 5.43. The molecule has 1 nitrogen and oxygen atoms in total. The Kier molecular flexibility index (Phi) is 1.31. The number of hydrogen-bond donors (Lipinski definition) is 0. The van der Waals surface area contributed by atoms with Gasteiger partial charge in [0.2, 0.25) is 0 Å². The zero-order valence-electron chi connectivity index (χ0n) is 7.13. The molecule has 3 unspecified atom stereocenters. The first-order valence-electron chi connectivity index (χ1n) is 5.17. The van der Waals surface area contributed by atoms with Crippen LogP contribution in [-0.4, -0.2) is 24.0 Å². The fourth-order valence-electron chi connectivity index (χ4n) is 3.57. The van der Waals surface area contributed by atoms with Crippen molar-refractivity contribution in [1.29, 1.82) is 0 Å². The van der Waals surface area contributed by atoms with Crippen molar-refractivity contribution in [3.63, 3.8) is 0 Å². The highest BCUT2D eigenvalue weighted by Crippen LogP contribution is 2.44. The molecule has 0 aromatic heterocycles. The number of rotatable bonds is 0. The summed E-state index contributed by atoms with van der Waals surface area (Å²) in [6, 6.07) is 1.03. The molecule has 11 heavy (non-hydrogen) atoms. The van der Waals surface area contributed by atoms with Crippen LogP contribution in [0.3, 0.4) is 0 Å². The molecule has 2 heterocycles. The SMILES string of the molecule is C1CC2CC3CCN(C1)C3C2. The van der Waals surface area contributed by atoms with Crippen LogP contribution in [0, 0.1) is 11.8 Å². The van der Waals surface area contributed by atoms with E-state index in [1.165, 1.54) is 32.4 Å². The van der Waals surface area contributed by atoms with Crippen molar-refractivity contribution in [2.45, 2.75) is 38.1 Å². The third kappa shape index (κ3) is 0.868. The van der Waals surface area contributed by atoms with E-state index in [2.05, 4.69) is 4.90 Å². The van der Waals surface area contributed by atoms with Gasteiger partial charge in [0.25, 0.3) is 0 Å². The van der Waals surface area contributed by atoms with Gasteiger partial charge in [-0.2, -0.15) is 0 Å². The molecule has 3 atom stereocenters. The van der Waals surface area contributed by atoms with Crippen LogP contribution in [0.1, 0.15) is 32.1 Å². The molecule has 3 rings (SSSR count). The number of hydrogen-bond acceptors (Lipinski definition) is 1. The average Bonchev–Trinajstić information content (AvgIpc) is 2.46. The summed E-state index contributed by atoms with van der Waals surface area (Å²) in [7, 11) is 0. The summed E-state index contributed by atoms with van der Waals surface area (Å²) < 4.78 is 0. The van der Waals surface area contributed by atoms with Crippen molar-refractivity contribution in [3.8, 4) is 0 Å². The van der Waals surface area contributed by atoms with E-state index >= 15 is 0 Å². The summed E-state index contributed by atoms with van der Waals surface area (Å²) >= 11 is 0. The van der Waals surface area contributed by atoms with E-state index in [-0.39, 0.29) is 0 Å². The maximum Gasteiger partial charge on any atom is 0.0127 e. The fourth-order valence-corrected chi connectivity index (χ4v) is 3.57. The second-order valence-corrected chi connectivity index (χ2v) is 4.63. The van der Waals surface area contributed by atoms with Crippen LogP contribution in [0.25, 0.3) is 0 Å². The predicted octanol–water partition coefficient (Wildman–Crippen LogP) is 1.88. The van der Waals surface area contributed by atoms with Crippen molar-refractivity contribution >= 4 is 0 Å². The summed E-state index contributed by atoms with van der Waals surface area (Å²) in [4.78, 5) is 2.76. The van der Waals surface area contributed by atoms with Crippen LogP contribution in [0.4, 0.5) is 0 Å². The predicted molar refractivity (Wildman–Crippen MR) is 45.4 cm³/mol. The van der Waals surface area contributed by atoms with Gasteiger partial charge in [0.15, 0.2) is 0 Å². The highest BCUT2D eigenvalue weighted by molar-refractivity contribution is 4.96. The molecular weight excluding hydrogens is 134 g/mol. The first kappa shape index (κ1) is 6.47. The third-order valence-electron chi connectivity index (χ3n) is 4.07. The maximum atomic E-state index is 2.76. The Morgan fingerprint density at radius 1 is 1.00 bits per heavy atom. The normalized spacial score (nSPS) is 49.6. The summed E-state index contributed by atoms with van der Waals surface area (Å²) in [5, 5.41) is 0. The van der Waals surface area contributed by atoms with Crippen molar-refractivity contribution in [1.82, 2.24) is 4.90 Å². The van der Waals surface area contributed by atoms with Crippen LogP contribution in [0.15, 0.2) is 0 Å². The van der Waals surface area contributed by atoms with Gasteiger partial charge >= 0.3 is 0 Å². The van der Waals surface area contributed by atoms with Gasteiger partial charge in [0.1, 0.15) is 0 Å². The molecule has 3 aliphatic rings. The van der Waals surface area contributed by atoms with E-state index in [1.54, 1.807) is 12.8 Å². The zero-order chi connectivity index (χ0) is 7.26. The van der Waals surface area contributed by atoms with E-state index < -0.39 is 0 Å². The van der Waals surface area contributed by atoms with Gasteiger partial charge in [-0.25, -0.2) is 0 Å². The molecule has 2 bridgehead atoms. The molecular formula is C10H17N. The Morgan fingerprint density at radius 2 is 2.00 bits per heavy atom. The van der Waals surface area contributed by atoms with Crippen LogP contribution >= 0.6 is 0 Å². The van der Waals surface area contributed by atoms with Gasteiger partial charge < -0.3 is 4.90 Å². The lowest BCUT2D eigenvalue weighted by Crippen LogP contribution is -2.29. The number of nitrogens with zero attached hydrogens (tertiary/aromatic N) is 1. The van der Waals surface area contributed by atoms with Crippen LogP contribution in [0.2, 0.25) is 0 Å². The van der Waals surface area contributed by atoms with E-state index in [0.717, 1.165) is 17.9 Å². The van der Waals surface area contributed by atoms with Crippen molar-refractivity contribution < 1.29 is 0 Å². The van der Waals surface area contributed by atoms with Crippen molar-refractivity contribution in [2.24, 2.45) is 11.8 Å². The standard InChI is InChI=1S/C10H17N/c1-2-8-6-9-3-5-11(4-1)10(9)7-8/h8-10H,1-7H2. The van der Waals surface area contributed by atoms with Crippen molar-refractivity contribution in [3.05, 3.63) is 0 Å². The monoisotopic (exact) mass is 151 g/mol. The molecule has 2 saturated heterocycles. The molecule has 0 spiro atoms. The largest absolute Gasteiger partial charge is 0.300 e. The molecule has 1 saturated carbocycles. The van der Waals surface area contributed by atoms with Gasteiger partial charge in [0, 0.05) is 6.04 Å². The smallest absolute Gasteiger partial charge is 0.0127 e. The quantitative estimate of drug-likeness (QED) is 0.511. The minimum absolute atomic E-state index is 1.03. The van der Waals surface area contributed by atoms with E-state index in [4.69, 9.17) is 0 Å². The van der Waals surface area contributed by atoms with E-state index in [1.807, 2.05) is 0 Å². The van der Waals surface area contributed by atoms with Crippen LogP contribution in [-0.2, 0) is 0 Å². The zero-order valence-corrected chi connectivity index (χ0v) is 7.13. The van der Waals surface area contributed by atoms with Gasteiger partial charge in [-0.3, -0.25) is 0 Å². The van der Waals surface area contributed by atoms with Gasteiger partial charge in [-0.1, -0.05) is 0 Å². The second kappa shape index (κ2) is 2.22. The molecule has 1 aliphatic carbocycles. The topological polar surface area (TPSA) is 3.24 Å². The molecule has 0 radical (unpaired) electrons. The molecule has 0 aromatic rings. The summed E-state index contributed by atoms with van der Waals surface area (Å²) in [6.45, 7) is 2.83. The van der Waals surface area contributed by atoms with Crippen LogP contribution in [0.5, 0.6) is 0 Å². The highest BCUT2D eigenvalue weighted by atomic mass is 15.2. The molecule has 62 valence electrons. The highest BCUT2D eigenvalue weighted by Gasteiger charge is 2.43. The van der Waals surface area contributed by atoms with Gasteiger partial charge in [0.05, 0.1) is 0 Å². The minimum Gasteiger partial charge on any atom is -0.300 e. The Labute approximate surface area is 68.8 Å².